The van der Waals surface area contributed by atoms with Gasteiger partial charge in [0, 0.05) is 17.7 Å². The second kappa shape index (κ2) is 11.1. The van der Waals surface area contributed by atoms with E-state index in [0.717, 1.165) is 5.56 Å². The number of carbonyl (C=O) groups excluding carboxylic acids is 2. The van der Waals surface area contributed by atoms with Crippen LogP contribution in [0.25, 0.3) is 0 Å². The van der Waals surface area contributed by atoms with Gasteiger partial charge in [0.2, 0.25) is 5.91 Å². The van der Waals surface area contributed by atoms with E-state index in [1.807, 2.05) is 24.3 Å². The third-order valence-corrected chi connectivity index (χ3v) is 6.49. The van der Waals surface area contributed by atoms with Crippen molar-refractivity contribution in [3.63, 3.8) is 0 Å². The molecule has 156 valence electrons. The van der Waals surface area contributed by atoms with E-state index in [1.165, 1.54) is 0 Å². The Morgan fingerprint density at radius 3 is 2.21 bits per heavy atom. The molecule has 0 aliphatic carbocycles. The van der Waals surface area contributed by atoms with Gasteiger partial charge in [0.1, 0.15) is 0 Å². The number of hydrogen-bond acceptors (Lipinski definition) is 5. The van der Waals surface area contributed by atoms with Crippen molar-refractivity contribution in [1.82, 2.24) is 5.32 Å². The van der Waals surface area contributed by atoms with Crippen molar-refractivity contribution < 1.29 is 23.2 Å². The molecule has 1 N–H and O–H groups in total. The molecule has 2 rings (SSSR count). The highest BCUT2D eigenvalue weighted by Crippen LogP contribution is 2.47. The molecule has 0 aliphatic heterocycles. The van der Waals surface area contributed by atoms with Crippen molar-refractivity contribution in [1.29, 1.82) is 0 Å². The van der Waals surface area contributed by atoms with Gasteiger partial charge in [-0.15, -0.1) is 0 Å². The Bertz CT molecular complexity index is 859. The standard InChI is InChI=1S/C22H28NO5P/c1-4-27-29(26,28-5-2)15-14-23-22(25)17(3)19-12-9-13-20(16-19)21(24)18-10-7-6-8-11-18/h6-13,16-17H,4-5,14-15H2,1-3H3,(H,23,25)/t17-/m0/s1. The highest BCUT2D eigenvalue weighted by Gasteiger charge is 2.24. The summed E-state index contributed by atoms with van der Waals surface area (Å²) in [4.78, 5) is 25.2. The molecule has 0 fully saturated rings. The minimum absolute atomic E-state index is 0.0885. The van der Waals surface area contributed by atoms with Gasteiger partial charge in [0.25, 0.3) is 0 Å². The van der Waals surface area contributed by atoms with Crippen molar-refractivity contribution in [2.45, 2.75) is 26.7 Å². The number of carbonyl (C=O) groups is 2. The average Bonchev–Trinajstić information content (AvgIpc) is 2.73. The van der Waals surface area contributed by atoms with Gasteiger partial charge < -0.3 is 14.4 Å². The summed E-state index contributed by atoms with van der Waals surface area (Å²) in [5, 5.41) is 2.78. The predicted octanol–water partition coefficient (Wildman–Crippen LogP) is 4.40. The first-order chi connectivity index (χ1) is 13.9. The summed E-state index contributed by atoms with van der Waals surface area (Å²) >= 11 is 0. The molecule has 0 bridgehead atoms. The third kappa shape index (κ3) is 6.64. The van der Waals surface area contributed by atoms with Gasteiger partial charge in [-0.2, -0.15) is 0 Å². The van der Waals surface area contributed by atoms with Crippen LogP contribution in [0.2, 0.25) is 0 Å². The summed E-state index contributed by atoms with van der Waals surface area (Å²) in [6.45, 7) is 6.01. The molecule has 1 atom stereocenters. The van der Waals surface area contributed by atoms with Crippen molar-refractivity contribution in [2.75, 3.05) is 25.9 Å². The SMILES string of the molecule is CCOP(=O)(CCNC(=O)[C@@H](C)c1cccc(C(=O)c2ccccc2)c1)OCC. The van der Waals surface area contributed by atoms with Crippen LogP contribution in [0.3, 0.4) is 0 Å². The van der Waals surface area contributed by atoms with Crippen LogP contribution in [0.4, 0.5) is 0 Å². The van der Waals surface area contributed by atoms with Crippen LogP contribution >= 0.6 is 7.60 Å². The van der Waals surface area contributed by atoms with Crippen molar-refractivity contribution in [3.05, 3.63) is 71.3 Å². The Hall–Kier alpha value is -2.27. The van der Waals surface area contributed by atoms with Crippen LogP contribution in [0, 0.1) is 0 Å². The maximum Gasteiger partial charge on any atom is 0.332 e. The van der Waals surface area contributed by atoms with Crippen LogP contribution in [0.5, 0.6) is 0 Å². The fraction of sp³-hybridized carbons (Fsp3) is 0.364. The van der Waals surface area contributed by atoms with Gasteiger partial charge in [-0.3, -0.25) is 14.2 Å². The number of ketones is 1. The van der Waals surface area contributed by atoms with E-state index in [9.17, 15) is 14.2 Å². The normalized spacial score (nSPS) is 12.4. The number of hydrogen-bond donors (Lipinski definition) is 1. The molecule has 7 heteroatoms. The molecule has 0 aromatic heterocycles. The van der Waals surface area contributed by atoms with Crippen LogP contribution < -0.4 is 5.32 Å². The first-order valence-corrected chi connectivity index (χ1v) is 11.5. The second-order valence-corrected chi connectivity index (χ2v) is 8.69. The molecule has 0 radical (unpaired) electrons. The molecule has 6 nitrogen and oxygen atoms in total. The first-order valence-electron chi connectivity index (χ1n) is 9.75. The fourth-order valence-electron chi connectivity index (χ4n) is 2.89. The van der Waals surface area contributed by atoms with E-state index in [0.29, 0.717) is 11.1 Å². The summed E-state index contributed by atoms with van der Waals surface area (Å²) < 4.78 is 22.9. The lowest BCUT2D eigenvalue weighted by Gasteiger charge is -2.18. The van der Waals surface area contributed by atoms with Crippen LogP contribution in [0.1, 0.15) is 48.2 Å². The lowest BCUT2D eigenvalue weighted by molar-refractivity contribution is -0.122. The molecule has 29 heavy (non-hydrogen) atoms. The van der Waals surface area contributed by atoms with Crippen LogP contribution in [-0.4, -0.2) is 37.6 Å². The predicted molar refractivity (Wildman–Crippen MR) is 113 cm³/mol. The second-order valence-electron chi connectivity index (χ2n) is 6.50. The highest BCUT2D eigenvalue weighted by atomic mass is 31.2. The Morgan fingerprint density at radius 1 is 0.966 bits per heavy atom. The van der Waals surface area contributed by atoms with Gasteiger partial charge in [-0.05, 0) is 32.4 Å². The number of rotatable bonds is 11. The molecule has 0 saturated carbocycles. The molecule has 0 heterocycles. The molecule has 0 saturated heterocycles. The topological polar surface area (TPSA) is 81.7 Å². The molecular formula is C22H28NO5P. The lowest BCUT2D eigenvalue weighted by Crippen LogP contribution is -2.30. The first kappa shape index (κ1) is 23.0. The summed E-state index contributed by atoms with van der Waals surface area (Å²) in [5.74, 6) is -0.764. The fourth-order valence-corrected chi connectivity index (χ4v) is 4.39. The highest BCUT2D eigenvalue weighted by molar-refractivity contribution is 7.53. The number of benzene rings is 2. The summed E-state index contributed by atoms with van der Waals surface area (Å²) in [5.41, 5.74) is 1.87. The van der Waals surface area contributed by atoms with E-state index in [2.05, 4.69) is 5.32 Å². The molecule has 0 spiro atoms. The van der Waals surface area contributed by atoms with Crippen LogP contribution in [0.15, 0.2) is 54.6 Å². The quantitative estimate of drug-likeness (QED) is 0.433. The minimum atomic E-state index is -3.19. The molecule has 0 unspecified atom stereocenters. The van der Waals surface area contributed by atoms with E-state index < -0.39 is 13.5 Å². The van der Waals surface area contributed by atoms with Crippen molar-refractivity contribution in [2.24, 2.45) is 0 Å². The Labute approximate surface area is 172 Å². The zero-order chi connectivity index (χ0) is 21.3. The molecule has 1 amide bonds. The molecule has 0 aliphatic rings. The maximum atomic E-state index is 12.6. The van der Waals surface area contributed by atoms with Gasteiger partial charge in [-0.25, -0.2) is 0 Å². The largest absolute Gasteiger partial charge is 0.355 e. The van der Waals surface area contributed by atoms with Gasteiger partial charge in [0.05, 0.1) is 25.3 Å². The summed E-state index contributed by atoms with van der Waals surface area (Å²) in [6, 6.07) is 16.1. The number of nitrogens with one attached hydrogen (secondary N) is 1. The van der Waals surface area contributed by atoms with Gasteiger partial charge >= 0.3 is 7.60 Å². The molecular weight excluding hydrogens is 389 g/mol. The minimum Gasteiger partial charge on any atom is -0.355 e. The zero-order valence-corrected chi connectivity index (χ0v) is 18.0. The van der Waals surface area contributed by atoms with E-state index in [4.69, 9.17) is 9.05 Å². The Morgan fingerprint density at radius 2 is 1.59 bits per heavy atom. The average molecular weight is 417 g/mol. The maximum absolute atomic E-state index is 12.6. The van der Waals surface area contributed by atoms with E-state index in [-0.39, 0.29) is 37.6 Å². The lowest BCUT2D eigenvalue weighted by atomic mass is 9.95. The van der Waals surface area contributed by atoms with E-state index in [1.54, 1.807) is 51.1 Å². The van der Waals surface area contributed by atoms with Gasteiger partial charge in [-0.1, -0.05) is 48.5 Å². The Balaban J connectivity index is 2.01. The Kier molecular flexibility index (Phi) is 8.77. The zero-order valence-electron chi connectivity index (χ0n) is 17.1. The van der Waals surface area contributed by atoms with Crippen molar-refractivity contribution >= 4 is 19.3 Å². The molecule has 2 aromatic carbocycles. The van der Waals surface area contributed by atoms with E-state index >= 15 is 0 Å². The van der Waals surface area contributed by atoms with Crippen LogP contribution in [-0.2, 0) is 18.4 Å². The summed E-state index contributed by atoms with van der Waals surface area (Å²) in [6.07, 6.45) is 0.111. The van der Waals surface area contributed by atoms with Crippen molar-refractivity contribution in [3.8, 4) is 0 Å². The number of amides is 1. The smallest absolute Gasteiger partial charge is 0.332 e. The van der Waals surface area contributed by atoms with Gasteiger partial charge in [0.15, 0.2) is 5.78 Å². The monoisotopic (exact) mass is 417 g/mol. The molecule has 2 aromatic rings. The summed E-state index contributed by atoms with van der Waals surface area (Å²) in [7, 11) is -3.19. The third-order valence-electron chi connectivity index (χ3n) is 4.41.